The van der Waals surface area contributed by atoms with Gasteiger partial charge in [-0.05, 0) is 48.6 Å². The molecular formula is C20H15AlN10. The molecule has 0 unspecified atom stereocenters. The van der Waals surface area contributed by atoms with Crippen LogP contribution in [0, 0.1) is 0 Å². The van der Waals surface area contributed by atoms with Gasteiger partial charge in [0.05, 0.1) is 0 Å². The van der Waals surface area contributed by atoms with E-state index < -0.39 is 0 Å². The second-order valence-electron chi connectivity index (χ2n) is 5.99. The van der Waals surface area contributed by atoms with E-state index in [1.807, 2.05) is 0 Å². The number of rotatable bonds is 0. The molecule has 0 N–H and O–H groups in total. The monoisotopic (exact) mass is 422 g/mol. The van der Waals surface area contributed by atoms with Gasteiger partial charge in [-0.25, -0.2) is 39.9 Å². The second kappa shape index (κ2) is 9.17. The van der Waals surface area contributed by atoms with Gasteiger partial charge in [-0.2, -0.15) is 0 Å². The van der Waals surface area contributed by atoms with E-state index in [0.717, 1.165) is 0 Å². The molecule has 1 aromatic rings. The molecule has 8 bridgehead atoms. The molecule has 1 aromatic heterocycles. The van der Waals surface area contributed by atoms with Crippen LogP contribution in [0.25, 0.3) is 0 Å². The van der Waals surface area contributed by atoms with Gasteiger partial charge in [0.15, 0.2) is 64.0 Å². The predicted octanol–water partition coefficient (Wildman–Crippen LogP) is 0.760. The van der Waals surface area contributed by atoms with Crippen LogP contribution < -0.4 is 0 Å². The number of aliphatic imine (C=N–C) groups is 8. The van der Waals surface area contributed by atoms with Gasteiger partial charge in [-0.3, -0.25) is 9.97 Å². The van der Waals surface area contributed by atoms with Gasteiger partial charge in [-0.1, -0.05) is 0 Å². The molecule has 11 heteroatoms. The minimum atomic E-state index is 0. The van der Waals surface area contributed by atoms with Crippen LogP contribution in [0.3, 0.4) is 0 Å². The maximum atomic E-state index is 4.37. The van der Waals surface area contributed by atoms with Gasteiger partial charge in [0.2, 0.25) is 0 Å². The van der Waals surface area contributed by atoms with Gasteiger partial charge in [0, 0.05) is 24.8 Å². The number of hydrogen-bond acceptors (Lipinski definition) is 10. The van der Waals surface area contributed by atoms with Crippen LogP contribution in [0.15, 0.2) is 113 Å². The molecule has 0 radical (unpaired) electrons. The Balaban J connectivity index is 0.000000288. The Morgan fingerprint density at radius 3 is 0.581 bits per heavy atom. The van der Waals surface area contributed by atoms with Gasteiger partial charge < -0.3 is 0 Å². The molecule has 0 aliphatic carbocycles. The first-order valence-corrected chi connectivity index (χ1v) is 8.92. The molecule has 0 atom stereocenters. The highest BCUT2D eigenvalue weighted by atomic mass is 27.0. The van der Waals surface area contributed by atoms with Gasteiger partial charge in [0.1, 0.15) is 0 Å². The van der Waals surface area contributed by atoms with Crippen molar-refractivity contribution < 1.29 is 0 Å². The molecule has 5 aliphatic heterocycles. The largest absolute Gasteiger partial charge is 0.262 e. The molecule has 31 heavy (non-hydrogen) atoms. The molecule has 0 saturated heterocycles. The van der Waals surface area contributed by atoms with Crippen molar-refractivity contribution in [3.63, 3.8) is 0 Å². The van der Waals surface area contributed by atoms with E-state index in [-0.39, 0.29) is 17.4 Å². The Kier molecular flexibility index (Phi) is 5.98. The van der Waals surface area contributed by atoms with E-state index in [1.54, 1.807) is 73.4 Å². The standard InChI is InChI=1S/C16H8N8.C4H4N2.Al.3H/c1-2-10-17-9(1)21-11-3-4-13(18-11)23-15-7-8-16(20-15)24-14-6-5-12(19-14)22-10;1-2-6-4-3-5-1;;;;/h1-8H;1-4H;;;;. The Morgan fingerprint density at radius 2 is 0.452 bits per heavy atom. The lowest BCUT2D eigenvalue weighted by Crippen LogP contribution is -1.98. The highest BCUT2D eigenvalue weighted by Gasteiger charge is 2.13. The van der Waals surface area contributed by atoms with Crippen LogP contribution in [0.1, 0.15) is 0 Å². The number of amidine groups is 8. The molecular weight excluding hydrogens is 407 g/mol. The molecule has 5 aliphatic rings. The van der Waals surface area contributed by atoms with Crippen molar-refractivity contribution in [3.8, 4) is 0 Å². The fraction of sp³-hybridized carbons (Fsp3) is 0. The van der Waals surface area contributed by atoms with E-state index >= 15 is 0 Å². The van der Waals surface area contributed by atoms with E-state index in [9.17, 15) is 0 Å². The summed E-state index contributed by atoms with van der Waals surface area (Å²) in [5, 5.41) is 0. The first kappa shape index (κ1) is 20.2. The Bertz CT molecular complexity index is 1060. The number of nitrogens with zero attached hydrogens (tertiary/aromatic N) is 10. The number of fused-ring (bicyclic) bond motifs is 4. The average molecular weight is 422 g/mol. The first-order valence-electron chi connectivity index (χ1n) is 8.92. The fourth-order valence-corrected chi connectivity index (χ4v) is 2.58. The number of hydrogen-bond donors (Lipinski definition) is 0. The maximum absolute atomic E-state index is 4.37. The minimum Gasteiger partial charge on any atom is -0.262 e. The molecule has 0 saturated carbocycles. The number of aromatic nitrogens is 2. The van der Waals surface area contributed by atoms with Crippen molar-refractivity contribution >= 4 is 64.0 Å². The maximum Gasteiger partial charge on any atom is 0.187 e. The van der Waals surface area contributed by atoms with Gasteiger partial charge in [-0.15, -0.1) is 0 Å². The molecule has 0 amide bonds. The van der Waals surface area contributed by atoms with E-state index in [0.29, 0.717) is 46.7 Å². The normalized spacial score (nSPS) is 19.1. The third-order valence-electron chi connectivity index (χ3n) is 3.84. The molecule has 0 fully saturated rings. The van der Waals surface area contributed by atoms with Gasteiger partial charge >= 0.3 is 0 Å². The lowest BCUT2D eigenvalue weighted by molar-refractivity contribution is 1.20. The highest BCUT2D eigenvalue weighted by molar-refractivity contribution is 6.28. The zero-order valence-electron chi connectivity index (χ0n) is 15.4. The van der Waals surface area contributed by atoms with Crippen LogP contribution in [0.5, 0.6) is 0 Å². The van der Waals surface area contributed by atoms with Crippen LogP contribution in [0.2, 0.25) is 0 Å². The predicted molar refractivity (Wildman–Crippen MR) is 128 cm³/mol. The quantitative estimate of drug-likeness (QED) is 0.573. The topological polar surface area (TPSA) is 125 Å². The van der Waals surface area contributed by atoms with E-state index in [2.05, 4.69) is 49.9 Å². The molecule has 10 nitrogen and oxygen atoms in total. The summed E-state index contributed by atoms with van der Waals surface area (Å²) in [6, 6.07) is 0. The molecule has 148 valence electrons. The summed E-state index contributed by atoms with van der Waals surface area (Å²) in [6.45, 7) is 0. The molecule has 6 rings (SSSR count). The van der Waals surface area contributed by atoms with Crippen LogP contribution in [-0.4, -0.2) is 74.0 Å². The summed E-state index contributed by atoms with van der Waals surface area (Å²) in [5.74, 6) is 4.30. The first-order chi connectivity index (χ1) is 14.8. The van der Waals surface area contributed by atoms with E-state index in [4.69, 9.17) is 0 Å². The lowest BCUT2D eigenvalue weighted by atomic mass is 10.4. The summed E-state index contributed by atoms with van der Waals surface area (Å²) >= 11 is 0. The minimum absolute atomic E-state index is 0. The lowest BCUT2D eigenvalue weighted by Gasteiger charge is -1.92. The van der Waals surface area contributed by atoms with Crippen molar-refractivity contribution in [2.24, 2.45) is 39.9 Å². The zero-order chi connectivity index (χ0) is 20.2. The van der Waals surface area contributed by atoms with E-state index in [1.165, 1.54) is 0 Å². The van der Waals surface area contributed by atoms with Crippen LogP contribution in [-0.2, 0) is 0 Å². The zero-order valence-corrected chi connectivity index (χ0v) is 15.4. The Labute approximate surface area is 187 Å². The Hall–Kier alpha value is -4.07. The molecule has 0 aromatic carbocycles. The van der Waals surface area contributed by atoms with Crippen molar-refractivity contribution in [2.75, 3.05) is 0 Å². The summed E-state index contributed by atoms with van der Waals surface area (Å²) in [7, 11) is 0. The SMILES string of the molecule is C1=CC2=NC3=NC(=NC4=NC(=NC5=NC(=NC1=N2)C=C5)C=C4)C=C3.[AlH3].c1cnccn1. The van der Waals surface area contributed by atoms with Crippen molar-refractivity contribution in [1.82, 2.24) is 9.97 Å². The molecule has 0 spiro atoms. The third kappa shape index (κ3) is 5.11. The Morgan fingerprint density at radius 1 is 0.290 bits per heavy atom. The average Bonchev–Trinajstić information content (AvgIpc) is 3.56. The van der Waals surface area contributed by atoms with Crippen LogP contribution in [0.4, 0.5) is 0 Å². The van der Waals surface area contributed by atoms with Crippen molar-refractivity contribution in [3.05, 3.63) is 73.4 Å². The summed E-state index contributed by atoms with van der Waals surface area (Å²) < 4.78 is 0. The molecule has 6 heterocycles. The van der Waals surface area contributed by atoms with Crippen LogP contribution >= 0.6 is 0 Å². The smallest absolute Gasteiger partial charge is 0.187 e. The van der Waals surface area contributed by atoms with Crippen molar-refractivity contribution in [2.45, 2.75) is 0 Å². The summed E-state index contributed by atoms with van der Waals surface area (Å²) in [4.78, 5) is 42.2. The fourth-order valence-electron chi connectivity index (χ4n) is 2.58. The summed E-state index contributed by atoms with van der Waals surface area (Å²) in [5.41, 5.74) is 0. The summed E-state index contributed by atoms with van der Waals surface area (Å²) in [6.07, 6.45) is 20.8. The highest BCUT2D eigenvalue weighted by Crippen LogP contribution is 2.10. The van der Waals surface area contributed by atoms with Crippen molar-refractivity contribution in [1.29, 1.82) is 0 Å². The van der Waals surface area contributed by atoms with Gasteiger partial charge in [0.25, 0.3) is 0 Å². The second-order valence-corrected chi connectivity index (χ2v) is 5.99. The third-order valence-corrected chi connectivity index (χ3v) is 3.84.